The normalized spacial score (nSPS) is 15.2. The molecule has 0 spiro atoms. The Hall–Kier alpha value is -3.63. The molecule has 1 fully saturated rings. The standard InChI is InChI=1S/C19H18F3N7O/c1-12(26-17-23-7-6-16(27-17)29-9-8-24-18(29)30)15-10-28(11-25-15)14-4-2-13(3-5-14)19(20,21)22/h2-7,10-12H,8-9H2,1H3,(H,24,30)(H,23,26,27). The van der Waals surface area contributed by atoms with Crippen molar-refractivity contribution in [1.29, 1.82) is 0 Å². The van der Waals surface area contributed by atoms with Gasteiger partial charge in [0.2, 0.25) is 5.95 Å². The Balaban J connectivity index is 1.47. The molecule has 0 bridgehead atoms. The summed E-state index contributed by atoms with van der Waals surface area (Å²) in [6, 6.07) is 6.02. The van der Waals surface area contributed by atoms with Gasteiger partial charge in [0, 0.05) is 31.2 Å². The van der Waals surface area contributed by atoms with Gasteiger partial charge in [0.15, 0.2) is 0 Å². The molecule has 2 amide bonds. The molecular formula is C19H18F3N7O. The highest BCUT2D eigenvalue weighted by atomic mass is 19.4. The van der Waals surface area contributed by atoms with Crippen LogP contribution >= 0.6 is 0 Å². The van der Waals surface area contributed by atoms with E-state index in [4.69, 9.17) is 0 Å². The number of halogens is 3. The number of urea groups is 1. The minimum absolute atomic E-state index is 0.206. The van der Waals surface area contributed by atoms with E-state index < -0.39 is 11.7 Å². The van der Waals surface area contributed by atoms with Crippen molar-refractivity contribution in [2.45, 2.75) is 19.1 Å². The molecule has 2 aromatic heterocycles. The summed E-state index contributed by atoms with van der Waals surface area (Å²) in [6.07, 6.45) is 0.436. The fraction of sp³-hybridized carbons (Fsp3) is 0.263. The van der Waals surface area contributed by atoms with Crippen molar-refractivity contribution in [3.05, 3.63) is 60.3 Å². The SMILES string of the molecule is CC(Nc1nccc(N2CCNC2=O)n1)c1cn(-c2ccc(C(F)(F)F)cc2)cn1. The van der Waals surface area contributed by atoms with E-state index in [0.29, 0.717) is 36.2 Å². The van der Waals surface area contributed by atoms with Crippen LogP contribution < -0.4 is 15.5 Å². The van der Waals surface area contributed by atoms with Gasteiger partial charge in [-0.2, -0.15) is 18.2 Å². The summed E-state index contributed by atoms with van der Waals surface area (Å²) in [7, 11) is 0. The van der Waals surface area contributed by atoms with Crippen molar-refractivity contribution in [3.63, 3.8) is 0 Å². The number of amides is 2. The maximum absolute atomic E-state index is 12.7. The van der Waals surface area contributed by atoms with Crippen LogP contribution in [0, 0.1) is 0 Å². The van der Waals surface area contributed by atoms with Crippen LogP contribution in [0.25, 0.3) is 5.69 Å². The number of aromatic nitrogens is 4. The van der Waals surface area contributed by atoms with Crippen molar-refractivity contribution in [1.82, 2.24) is 24.8 Å². The first-order valence-electron chi connectivity index (χ1n) is 9.18. The third-order valence-electron chi connectivity index (χ3n) is 4.66. The van der Waals surface area contributed by atoms with Gasteiger partial charge in [-0.25, -0.2) is 14.8 Å². The number of benzene rings is 1. The number of rotatable bonds is 5. The molecule has 1 aliphatic heterocycles. The average molecular weight is 417 g/mol. The van der Waals surface area contributed by atoms with Gasteiger partial charge in [-0.3, -0.25) is 4.90 Å². The molecule has 3 aromatic rings. The quantitative estimate of drug-likeness (QED) is 0.665. The van der Waals surface area contributed by atoms with Crippen LogP contribution in [0.3, 0.4) is 0 Å². The summed E-state index contributed by atoms with van der Waals surface area (Å²) in [4.78, 5) is 26.2. The van der Waals surface area contributed by atoms with E-state index in [1.807, 2.05) is 6.92 Å². The highest BCUT2D eigenvalue weighted by molar-refractivity contribution is 5.93. The van der Waals surface area contributed by atoms with Gasteiger partial charge >= 0.3 is 12.2 Å². The zero-order valence-electron chi connectivity index (χ0n) is 15.9. The molecule has 1 saturated heterocycles. The summed E-state index contributed by atoms with van der Waals surface area (Å²) in [5, 5.41) is 5.84. The molecule has 0 radical (unpaired) electrons. The van der Waals surface area contributed by atoms with E-state index in [1.165, 1.54) is 23.4 Å². The molecule has 3 heterocycles. The van der Waals surface area contributed by atoms with E-state index in [9.17, 15) is 18.0 Å². The largest absolute Gasteiger partial charge is 0.416 e. The van der Waals surface area contributed by atoms with Crippen molar-refractivity contribution >= 4 is 17.8 Å². The predicted molar refractivity (Wildman–Crippen MR) is 103 cm³/mol. The zero-order valence-corrected chi connectivity index (χ0v) is 15.9. The number of nitrogens with one attached hydrogen (secondary N) is 2. The summed E-state index contributed by atoms with van der Waals surface area (Å²) in [6.45, 7) is 2.95. The van der Waals surface area contributed by atoms with Crippen LogP contribution in [0.4, 0.5) is 29.7 Å². The maximum atomic E-state index is 12.7. The fourth-order valence-corrected chi connectivity index (χ4v) is 3.05. The second kappa shape index (κ2) is 7.65. The van der Waals surface area contributed by atoms with Gasteiger partial charge in [-0.15, -0.1) is 0 Å². The molecule has 156 valence electrons. The lowest BCUT2D eigenvalue weighted by atomic mass is 10.2. The summed E-state index contributed by atoms with van der Waals surface area (Å²) in [5.74, 6) is 0.828. The Morgan fingerprint density at radius 3 is 2.60 bits per heavy atom. The topological polar surface area (TPSA) is 88.0 Å². The molecule has 4 rings (SSSR count). The first-order valence-corrected chi connectivity index (χ1v) is 9.18. The van der Waals surface area contributed by atoms with Gasteiger partial charge < -0.3 is 15.2 Å². The Labute approximate surface area is 169 Å². The molecule has 0 aliphatic carbocycles. The molecule has 1 atom stereocenters. The minimum atomic E-state index is -4.37. The lowest BCUT2D eigenvalue weighted by molar-refractivity contribution is -0.137. The Kier molecular flexibility index (Phi) is 5.02. The molecule has 2 N–H and O–H groups in total. The lowest BCUT2D eigenvalue weighted by Gasteiger charge is -2.15. The summed E-state index contributed by atoms with van der Waals surface area (Å²) < 4.78 is 39.8. The highest BCUT2D eigenvalue weighted by Crippen LogP contribution is 2.29. The molecule has 1 aliphatic rings. The number of imidazole rings is 1. The second-order valence-electron chi connectivity index (χ2n) is 6.74. The van der Waals surface area contributed by atoms with Crippen LogP contribution in [0.1, 0.15) is 24.2 Å². The fourth-order valence-electron chi connectivity index (χ4n) is 3.05. The smallest absolute Gasteiger partial charge is 0.346 e. The van der Waals surface area contributed by atoms with E-state index in [-0.39, 0.29) is 12.1 Å². The number of alkyl halides is 3. The van der Waals surface area contributed by atoms with Crippen LogP contribution in [-0.4, -0.2) is 38.6 Å². The first-order chi connectivity index (χ1) is 14.3. The number of nitrogens with zero attached hydrogens (tertiary/aromatic N) is 5. The third kappa shape index (κ3) is 4.04. The van der Waals surface area contributed by atoms with Gasteiger partial charge in [0.1, 0.15) is 5.82 Å². The van der Waals surface area contributed by atoms with E-state index in [0.717, 1.165) is 12.1 Å². The van der Waals surface area contributed by atoms with Crippen LogP contribution in [-0.2, 0) is 6.18 Å². The van der Waals surface area contributed by atoms with Gasteiger partial charge in [-0.1, -0.05) is 0 Å². The number of carbonyl (C=O) groups excluding carboxylic acids is 1. The summed E-state index contributed by atoms with van der Waals surface area (Å²) >= 11 is 0. The Morgan fingerprint density at radius 1 is 1.17 bits per heavy atom. The van der Waals surface area contributed by atoms with Gasteiger partial charge in [0.25, 0.3) is 0 Å². The number of hydrogen-bond acceptors (Lipinski definition) is 5. The molecule has 8 nitrogen and oxygen atoms in total. The monoisotopic (exact) mass is 417 g/mol. The molecule has 11 heteroatoms. The molecular weight excluding hydrogens is 399 g/mol. The maximum Gasteiger partial charge on any atom is 0.416 e. The molecule has 0 saturated carbocycles. The highest BCUT2D eigenvalue weighted by Gasteiger charge is 2.30. The van der Waals surface area contributed by atoms with Crippen molar-refractivity contribution < 1.29 is 18.0 Å². The van der Waals surface area contributed by atoms with Crippen LogP contribution in [0.5, 0.6) is 0 Å². The van der Waals surface area contributed by atoms with Crippen molar-refractivity contribution in [3.8, 4) is 5.69 Å². The third-order valence-corrected chi connectivity index (χ3v) is 4.66. The number of hydrogen-bond donors (Lipinski definition) is 2. The number of carbonyl (C=O) groups is 1. The summed E-state index contributed by atoms with van der Waals surface area (Å²) in [5.41, 5.74) is 0.514. The van der Waals surface area contributed by atoms with Crippen LogP contribution in [0.15, 0.2) is 49.1 Å². The number of anilines is 2. The minimum Gasteiger partial charge on any atom is -0.346 e. The van der Waals surface area contributed by atoms with E-state index in [1.54, 1.807) is 23.0 Å². The predicted octanol–water partition coefficient (Wildman–Crippen LogP) is 3.38. The zero-order chi connectivity index (χ0) is 21.3. The average Bonchev–Trinajstić information content (AvgIpc) is 3.37. The van der Waals surface area contributed by atoms with Gasteiger partial charge in [0.05, 0.1) is 23.6 Å². The molecule has 30 heavy (non-hydrogen) atoms. The van der Waals surface area contributed by atoms with Crippen LogP contribution in [0.2, 0.25) is 0 Å². The Bertz CT molecular complexity index is 1050. The van der Waals surface area contributed by atoms with Gasteiger partial charge in [-0.05, 0) is 37.3 Å². The second-order valence-corrected chi connectivity index (χ2v) is 6.74. The van der Waals surface area contributed by atoms with E-state index >= 15 is 0 Å². The van der Waals surface area contributed by atoms with E-state index in [2.05, 4.69) is 25.6 Å². The first kappa shape index (κ1) is 19.7. The molecule has 1 unspecified atom stereocenters. The molecule has 1 aromatic carbocycles. The lowest BCUT2D eigenvalue weighted by Crippen LogP contribution is -2.28. The van der Waals surface area contributed by atoms with Crippen molar-refractivity contribution in [2.24, 2.45) is 0 Å². The van der Waals surface area contributed by atoms with Crippen molar-refractivity contribution in [2.75, 3.05) is 23.3 Å². The Morgan fingerprint density at radius 2 is 1.93 bits per heavy atom.